The standard InChI is InChI=1S/C13H16N2O4/c16-11-3-1-2-8-9(11)4-5-10(8)15-13(19)14-7-6-12(17)18/h1-3,10,16H,4-7H2,(H,17,18)(H2,14,15,19). The van der Waals surface area contributed by atoms with Crippen LogP contribution in [0.4, 0.5) is 4.79 Å². The molecule has 0 bridgehead atoms. The van der Waals surface area contributed by atoms with Crippen molar-refractivity contribution in [2.75, 3.05) is 6.54 Å². The summed E-state index contributed by atoms with van der Waals surface area (Å²) in [6.07, 6.45) is 1.36. The zero-order valence-electron chi connectivity index (χ0n) is 10.3. The summed E-state index contributed by atoms with van der Waals surface area (Å²) in [6.45, 7) is 0.0980. The van der Waals surface area contributed by atoms with Crippen molar-refractivity contribution >= 4 is 12.0 Å². The van der Waals surface area contributed by atoms with Gasteiger partial charge >= 0.3 is 12.0 Å². The first kappa shape index (κ1) is 13.2. The Kier molecular flexibility index (Phi) is 3.89. The van der Waals surface area contributed by atoms with Crippen molar-refractivity contribution in [3.05, 3.63) is 29.3 Å². The summed E-state index contributed by atoms with van der Waals surface area (Å²) in [5.74, 6) is -0.690. The number of urea groups is 1. The Hall–Kier alpha value is -2.24. The number of carbonyl (C=O) groups is 2. The Bertz CT molecular complexity index is 501. The van der Waals surface area contributed by atoms with Gasteiger partial charge < -0.3 is 20.8 Å². The number of amides is 2. The van der Waals surface area contributed by atoms with Crippen molar-refractivity contribution in [2.24, 2.45) is 0 Å². The molecule has 0 saturated carbocycles. The van der Waals surface area contributed by atoms with Crippen LogP contribution in [0.2, 0.25) is 0 Å². The summed E-state index contributed by atoms with van der Waals surface area (Å²) >= 11 is 0. The molecule has 0 saturated heterocycles. The van der Waals surface area contributed by atoms with E-state index in [4.69, 9.17) is 5.11 Å². The van der Waals surface area contributed by atoms with Gasteiger partial charge in [-0.2, -0.15) is 0 Å². The highest BCUT2D eigenvalue weighted by molar-refractivity contribution is 5.75. The molecule has 1 unspecified atom stereocenters. The second-order valence-corrected chi connectivity index (χ2v) is 4.48. The number of aromatic hydroxyl groups is 1. The molecule has 0 fully saturated rings. The van der Waals surface area contributed by atoms with Crippen LogP contribution in [0.3, 0.4) is 0 Å². The largest absolute Gasteiger partial charge is 0.508 e. The second kappa shape index (κ2) is 5.60. The minimum atomic E-state index is -0.948. The van der Waals surface area contributed by atoms with E-state index < -0.39 is 5.97 Å². The third kappa shape index (κ3) is 3.15. The molecule has 102 valence electrons. The molecule has 2 amide bonds. The third-order valence-electron chi connectivity index (χ3n) is 3.18. The Morgan fingerprint density at radius 3 is 2.89 bits per heavy atom. The zero-order chi connectivity index (χ0) is 13.8. The van der Waals surface area contributed by atoms with Gasteiger partial charge in [-0.05, 0) is 30.0 Å². The van der Waals surface area contributed by atoms with E-state index >= 15 is 0 Å². The fraction of sp³-hybridized carbons (Fsp3) is 0.385. The molecule has 19 heavy (non-hydrogen) atoms. The molecular weight excluding hydrogens is 248 g/mol. The number of carboxylic acid groups (broad SMARTS) is 1. The molecule has 2 rings (SSSR count). The molecule has 1 aromatic carbocycles. The average molecular weight is 264 g/mol. The average Bonchev–Trinajstić information content (AvgIpc) is 2.73. The van der Waals surface area contributed by atoms with Gasteiger partial charge in [-0.3, -0.25) is 4.79 Å². The van der Waals surface area contributed by atoms with E-state index in [1.807, 2.05) is 6.07 Å². The summed E-state index contributed by atoms with van der Waals surface area (Å²) in [4.78, 5) is 21.9. The highest BCUT2D eigenvalue weighted by Gasteiger charge is 2.25. The Morgan fingerprint density at radius 1 is 1.37 bits per heavy atom. The van der Waals surface area contributed by atoms with Crippen LogP contribution >= 0.6 is 0 Å². The molecule has 0 heterocycles. The predicted octanol–water partition coefficient (Wildman–Crippen LogP) is 1.15. The van der Waals surface area contributed by atoms with Crippen LogP contribution in [-0.2, 0) is 11.2 Å². The van der Waals surface area contributed by atoms with Gasteiger partial charge in [0.2, 0.25) is 0 Å². The van der Waals surface area contributed by atoms with Crippen LogP contribution in [0.25, 0.3) is 0 Å². The molecular formula is C13H16N2O4. The third-order valence-corrected chi connectivity index (χ3v) is 3.18. The normalized spacial score (nSPS) is 16.7. The number of phenolic OH excluding ortho intramolecular Hbond substituents is 1. The predicted molar refractivity (Wildman–Crippen MR) is 68.0 cm³/mol. The molecule has 1 atom stereocenters. The van der Waals surface area contributed by atoms with Crippen molar-refractivity contribution in [1.29, 1.82) is 0 Å². The summed E-state index contributed by atoms with van der Waals surface area (Å²) < 4.78 is 0. The van der Waals surface area contributed by atoms with Crippen molar-refractivity contribution in [2.45, 2.75) is 25.3 Å². The maximum Gasteiger partial charge on any atom is 0.315 e. The number of aliphatic carboxylic acids is 1. The summed E-state index contributed by atoms with van der Waals surface area (Å²) in [7, 11) is 0. The lowest BCUT2D eigenvalue weighted by molar-refractivity contribution is -0.136. The lowest BCUT2D eigenvalue weighted by Crippen LogP contribution is -2.38. The molecule has 1 aromatic rings. The van der Waals surface area contributed by atoms with Crippen LogP contribution in [0.15, 0.2) is 18.2 Å². The van der Waals surface area contributed by atoms with Crippen molar-refractivity contribution in [3.8, 4) is 5.75 Å². The minimum absolute atomic E-state index is 0.0980. The molecule has 4 N–H and O–H groups in total. The quantitative estimate of drug-likeness (QED) is 0.655. The first-order valence-electron chi connectivity index (χ1n) is 6.15. The number of nitrogens with one attached hydrogen (secondary N) is 2. The highest BCUT2D eigenvalue weighted by atomic mass is 16.4. The summed E-state index contributed by atoms with van der Waals surface area (Å²) in [5, 5.41) is 23.4. The summed E-state index contributed by atoms with van der Waals surface area (Å²) in [6, 6.07) is 4.74. The van der Waals surface area contributed by atoms with Crippen LogP contribution in [0, 0.1) is 0 Å². The molecule has 6 nitrogen and oxygen atoms in total. The van der Waals surface area contributed by atoms with Crippen LogP contribution < -0.4 is 10.6 Å². The smallest absolute Gasteiger partial charge is 0.315 e. The monoisotopic (exact) mass is 264 g/mol. The Morgan fingerprint density at radius 2 is 2.16 bits per heavy atom. The molecule has 1 aliphatic carbocycles. The zero-order valence-corrected chi connectivity index (χ0v) is 10.3. The number of carboxylic acids is 1. The lowest BCUT2D eigenvalue weighted by Gasteiger charge is -2.14. The van der Waals surface area contributed by atoms with Crippen LogP contribution in [0.1, 0.15) is 30.0 Å². The van der Waals surface area contributed by atoms with E-state index in [0.29, 0.717) is 0 Å². The van der Waals surface area contributed by atoms with Gasteiger partial charge in [0.05, 0.1) is 12.5 Å². The van der Waals surface area contributed by atoms with Crippen LogP contribution in [0.5, 0.6) is 5.75 Å². The fourth-order valence-corrected chi connectivity index (χ4v) is 2.28. The first-order valence-corrected chi connectivity index (χ1v) is 6.15. The maximum atomic E-state index is 11.6. The highest BCUT2D eigenvalue weighted by Crippen LogP contribution is 2.35. The molecule has 0 spiro atoms. The van der Waals surface area contributed by atoms with Crippen molar-refractivity contribution < 1.29 is 19.8 Å². The van der Waals surface area contributed by atoms with Gasteiger partial charge in [-0.1, -0.05) is 12.1 Å². The van der Waals surface area contributed by atoms with Gasteiger partial charge in [0.15, 0.2) is 0 Å². The maximum absolute atomic E-state index is 11.6. The van der Waals surface area contributed by atoms with Crippen molar-refractivity contribution in [1.82, 2.24) is 10.6 Å². The van der Waals surface area contributed by atoms with E-state index in [2.05, 4.69) is 10.6 Å². The van der Waals surface area contributed by atoms with Gasteiger partial charge in [0.25, 0.3) is 0 Å². The molecule has 0 aliphatic heterocycles. The number of carbonyl (C=O) groups excluding carboxylic acids is 1. The second-order valence-electron chi connectivity index (χ2n) is 4.48. The number of hydrogen-bond acceptors (Lipinski definition) is 3. The number of fused-ring (bicyclic) bond motifs is 1. The summed E-state index contributed by atoms with van der Waals surface area (Å²) in [5.41, 5.74) is 1.80. The molecule has 0 aromatic heterocycles. The number of rotatable bonds is 4. The van der Waals surface area contributed by atoms with Gasteiger partial charge in [-0.25, -0.2) is 4.79 Å². The topological polar surface area (TPSA) is 98.7 Å². The first-order chi connectivity index (χ1) is 9.08. The van der Waals surface area contributed by atoms with E-state index in [1.165, 1.54) is 0 Å². The lowest BCUT2D eigenvalue weighted by atomic mass is 10.1. The SMILES string of the molecule is O=C(O)CCNC(=O)NC1CCc2c(O)cccc21. The molecule has 0 radical (unpaired) electrons. The minimum Gasteiger partial charge on any atom is -0.508 e. The Labute approximate surface area is 110 Å². The van der Waals surface area contributed by atoms with E-state index in [1.54, 1.807) is 12.1 Å². The Balaban J connectivity index is 1.90. The number of benzene rings is 1. The van der Waals surface area contributed by atoms with Gasteiger partial charge in [0.1, 0.15) is 5.75 Å². The number of phenols is 1. The van der Waals surface area contributed by atoms with Gasteiger partial charge in [-0.15, -0.1) is 0 Å². The van der Waals surface area contributed by atoms with E-state index in [9.17, 15) is 14.7 Å². The van der Waals surface area contributed by atoms with Crippen molar-refractivity contribution in [3.63, 3.8) is 0 Å². The van der Waals surface area contributed by atoms with E-state index in [-0.39, 0.29) is 30.8 Å². The van der Waals surface area contributed by atoms with Crippen LogP contribution in [-0.4, -0.2) is 28.8 Å². The van der Waals surface area contributed by atoms with Gasteiger partial charge in [0, 0.05) is 6.54 Å². The molecule has 1 aliphatic rings. The number of hydrogen-bond donors (Lipinski definition) is 4. The van der Waals surface area contributed by atoms with E-state index in [0.717, 1.165) is 24.0 Å². The fourth-order valence-electron chi connectivity index (χ4n) is 2.28. The molecule has 6 heteroatoms.